The van der Waals surface area contributed by atoms with E-state index in [1.54, 1.807) is 18.6 Å². The minimum Gasteiger partial charge on any atom is -0.371 e. The molecule has 3 aromatic heterocycles. The Kier molecular flexibility index (Phi) is 9.08. The summed E-state index contributed by atoms with van der Waals surface area (Å²) in [5.41, 5.74) is 7.13. The van der Waals surface area contributed by atoms with Crippen molar-refractivity contribution in [2.24, 2.45) is 0 Å². The zero-order chi connectivity index (χ0) is 29.1. The number of rotatable bonds is 7. The van der Waals surface area contributed by atoms with Crippen LogP contribution in [0.2, 0.25) is 0 Å². The third-order valence-electron chi connectivity index (χ3n) is 7.53. The van der Waals surface area contributed by atoms with E-state index in [9.17, 15) is 0 Å². The van der Waals surface area contributed by atoms with Crippen LogP contribution in [0.5, 0.6) is 0 Å². The molecular formula is C34H39ClN8. The summed E-state index contributed by atoms with van der Waals surface area (Å²) in [6.07, 6.45) is 7.57. The Morgan fingerprint density at radius 1 is 0.860 bits per heavy atom. The maximum Gasteiger partial charge on any atom is 0.227 e. The zero-order valence-corrected chi connectivity index (χ0v) is 25.9. The van der Waals surface area contributed by atoms with Crippen molar-refractivity contribution in [3.63, 3.8) is 0 Å². The molecule has 9 heteroatoms. The minimum absolute atomic E-state index is 0. The molecule has 5 aromatic rings. The summed E-state index contributed by atoms with van der Waals surface area (Å²) in [5, 5.41) is 11.9. The lowest BCUT2D eigenvalue weighted by molar-refractivity contribution is 0.317. The molecule has 2 aromatic carbocycles. The van der Waals surface area contributed by atoms with Gasteiger partial charge in [0.1, 0.15) is 5.82 Å². The fourth-order valence-electron chi connectivity index (χ4n) is 5.60. The molecule has 0 radical (unpaired) electrons. The van der Waals surface area contributed by atoms with Crippen LogP contribution in [0, 0.1) is 6.92 Å². The molecule has 0 bridgehead atoms. The van der Waals surface area contributed by atoms with E-state index in [0.717, 1.165) is 65.5 Å². The van der Waals surface area contributed by atoms with E-state index < -0.39 is 0 Å². The van der Waals surface area contributed by atoms with E-state index in [0.29, 0.717) is 12.0 Å². The summed E-state index contributed by atoms with van der Waals surface area (Å²) < 4.78 is 0. The van der Waals surface area contributed by atoms with Gasteiger partial charge in [-0.15, -0.1) is 12.4 Å². The van der Waals surface area contributed by atoms with Crippen LogP contribution < -0.4 is 20.9 Å². The molecule has 6 rings (SSSR count). The first-order chi connectivity index (χ1) is 20.3. The maximum atomic E-state index is 4.96. The molecule has 1 aliphatic rings. The number of hydrogen-bond acceptors (Lipinski definition) is 8. The first kappa shape index (κ1) is 30.2. The molecule has 0 saturated carbocycles. The average molecular weight is 595 g/mol. The Hall–Kier alpha value is -4.27. The van der Waals surface area contributed by atoms with Crippen LogP contribution >= 0.6 is 12.4 Å². The van der Waals surface area contributed by atoms with Crippen molar-refractivity contribution in [1.29, 1.82) is 0 Å². The van der Waals surface area contributed by atoms with E-state index in [-0.39, 0.29) is 17.9 Å². The highest BCUT2D eigenvalue weighted by Crippen LogP contribution is 2.33. The van der Waals surface area contributed by atoms with E-state index in [1.807, 2.05) is 24.3 Å². The van der Waals surface area contributed by atoms with Crippen molar-refractivity contribution >= 4 is 52.1 Å². The molecule has 0 spiro atoms. The lowest BCUT2D eigenvalue weighted by atomic mass is 9.99. The van der Waals surface area contributed by atoms with Gasteiger partial charge in [-0.1, -0.05) is 18.2 Å². The molecule has 0 atom stereocenters. The van der Waals surface area contributed by atoms with Gasteiger partial charge in [0.2, 0.25) is 5.95 Å². The topological polar surface area (TPSA) is 90.9 Å². The Balaban J connectivity index is 0.00000368. The quantitative estimate of drug-likeness (QED) is 0.177. The summed E-state index contributed by atoms with van der Waals surface area (Å²) in [7, 11) is 0. The molecule has 0 amide bonds. The van der Waals surface area contributed by atoms with Gasteiger partial charge in [-0.2, -0.15) is 0 Å². The number of hydrogen-bond donors (Lipinski definition) is 3. The van der Waals surface area contributed by atoms with Gasteiger partial charge in [0.15, 0.2) is 0 Å². The second kappa shape index (κ2) is 12.9. The first-order valence-corrected chi connectivity index (χ1v) is 14.6. The number of fused-ring (bicyclic) bond motifs is 1. The van der Waals surface area contributed by atoms with Gasteiger partial charge in [0.25, 0.3) is 0 Å². The minimum atomic E-state index is 0. The van der Waals surface area contributed by atoms with Crippen molar-refractivity contribution in [2.45, 2.75) is 52.1 Å². The van der Waals surface area contributed by atoms with Crippen LogP contribution in [0.3, 0.4) is 0 Å². The lowest BCUT2D eigenvalue weighted by Gasteiger charge is -2.37. The number of aryl methyl sites for hydroxylation is 1. The number of nitrogens with one attached hydrogen (secondary N) is 3. The standard InChI is InChI=1S/C34H38N8.ClH/c1-23-20-26(11-12-28(23)39-33-36-17-13-29(40-33)24-8-7-16-35-22-24)37-32-21-31(27-9-5-6-10-30(27)38-32)42-18-14-25(15-19-42)41-34(2,3)4;/h5-13,16-17,20-22,25,41H,14-15,18-19H2,1-4H3,(H,37,38)(H,36,39,40);1H. The molecule has 1 saturated heterocycles. The van der Waals surface area contributed by atoms with E-state index in [2.05, 4.69) is 106 Å². The van der Waals surface area contributed by atoms with Crippen LogP contribution in [-0.2, 0) is 0 Å². The predicted octanol–water partition coefficient (Wildman–Crippen LogP) is 7.66. The second-order valence-electron chi connectivity index (χ2n) is 12.0. The van der Waals surface area contributed by atoms with Crippen molar-refractivity contribution in [2.75, 3.05) is 28.6 Å². The fourth-order valence-corrected chi connectivity index (χ4v) is 5.60. The maximum absolute atomic E-state index is 4.96. The van der Waals surface area contributed by atoms with Crippen LogP contribution in [0.4, 0.5) is 28.8 Å². The number of aromatic nitrogens is 4. The first-order valence-electron chi connectivity index (χ1n) is 14.6. The summed E-state index contributed by atoms with van der Waals surface area (Å²) >= 11 is 0. The van der Waals surface area contributed by atoms with Crippen LogP contribution in [0.15, 0.2) is 85.3 Å². The Morgan fingerprint density at radius 2 is 1.67 bits per heavy atom. The summed E-state index contributed by atoms with van der Waals surface area (Å²) in [5.74, 6) is 1.38. The number of piperidine rings is 1. The van der Waals surface area contributed by atoms with Gasteiger partial charge >= 0.3 is 0 Å². The molecular weight excluding hydrogens is 556 g/mol. The highest BCUT2D eigenvalue weighted by Gasteiger charge is 2.24. The van der Waals surface area contributed by atoms with Crippen LogP contribution in [0.1, 0.15) is 39.2 Å². The van der Waals surface area contributed by atoms with Crippen molar-refractivity contribution in [1.82, 2.24) is 25.3 Å². The average Bonchev–Trinajstić information content (AvgIpc) is 2.98. The van der Waals surface area contributed by atoms with Gasteiger partial charge < -0.3 is 20.9 Å². The second-order valence-corrected chi connectivity index (χ2v) is 12.0. The molecule has 222 valence electrons. The van der Waals surface area contributed by atoms with Gasteiger partial charge in [-0.3, -0.25) is 4.98 Å². The van der Waals surface area contributed by atoms with Crippen molar-refractivity contribution in [3.8, 4) is 11.3 Å². The third-order valence-corrected chi connectivity index (χ3v) is 7.53. The Morgan fingerprint density at radius 3 is 2.42 bits per heavy atom. The number of halogens is 1. The highest BCUT2D eigenvalue weighted by atomic mass is 35.5. The molecule has 0 unspecified atom stereocenters. The van der Waals surface area contributed by atoms with E-state index >= 15 is 0 Å². The largest absolute Gasteiger partial charge is 0.371 e. The molecule has 1 fully saturated rings. The molecule has 43 heavy (non-hydrogen) atoms. The van der Waals surface area contributed by atoms with Gasteiger partial charge in [-0.05, 0) is 88.6 Å². The number of anilines is 5. The summed E-state index contributed by atoms with van der Waals surface area (Å²) in [4.78, 5) is 20.8. The van der Waals surface area contributed by atoms with Gasteiger partial charge in [0, 0.05) is 77.3 Å². The molecule has 1 aliphatic heterocycles. The van der Waals surface area contributed by atoms with Crippen molar-refractivity contribution in [3.05, 3.63) is 90.9 Å². The molecule has 4 heterocycles. The fraction of sp³-hybridized carbons (Fsp3) is 0.294. The van der Waals surface area contributed by atoms with E-state index in [1.165, 1.54) is 11.1 Å². The van der Waals surface area contributed by atoms with Gasteiger partial charge in [-0.25, -0.2) is 15.0 Å². The summed E-state index contributed by atoms with van der Waals surface area (Å²) in [6, 6.07) is 23.2. The van der Waals surface area contributed by atoms with Crippen LogP contribution in [-0.4, -0.2) is 44.6 Å². The Bertz CT molecular complexity index is 1680. The molecule has 3 N–H and O–H groups in total. The molecule has 8 nitrogen and oxygen atoms in total. The predicted molar refractivity (Wildman–Crippen MR) is 180 cm³/mol. The number of para-hydroxylation sites is 1. The number of benzene rings is 2. The SMILES string of the molecule is Cc1cc(Nc2cc(N3CCC(NC(C)(C)C)CC3)c3ccccc3n2)ccc1Nc1nccc(-c2cccnc2)n1.Cl. The van der Waals surface area contributed by atoms with E-state index in [4.69, 9.17) is 4.98 Å². The number of pyridine rings is 2. The zero-order valence-electron chi connectivity index (χ0n) is 25.1. The number of nitrogens with zero attached hydrogens (tertiary/aromatic N) is 5. The smallest absolute Gasteiger partial charge is 0.227 e. The van der Waals surface area contributed by atoms with Crippen LogP contribution in [0.25, 0.3) is 22.2 Å². The van der Waals surface area contributed by atoms with Crippen molar-refractivity contribution < 1.29 is 0 Å². The highest BCUT2D eigenvalue weighted by molar-refractivity contribution is 5.94. The van der Waals surface area contributed by atoms with Gasteiger partial charge in [0.05, 0.1) is 11.2 Å². The Labute approximate surface area is 259 Å². The lowest BCUT2D eigenvalue weighted by Crippen LogP contribution is -2.49. The normalized spacial score (nSPS) is 13.9. The monoisotopic (exact) mass is 594 g/mol. The molecule has 0 aliphatic carbocycles. The third kappa shape index (κ3) is 7.39. The summed E-state index contributed by atoms with van der Waals surface area (Å²) in [6.45, 7) is 10.8.